The second kappa shape index (κ2) is 11.6. The van der Waals surface area contributed by atoms with Crippen LogP contribution in [0, 0.1) is 5.92 Å². The molecule has 1 heterocycles. The highest BCUT2D eigenvalue weighted by Gasteiger charge is 2.28. The first-order chi connectivity index (χ1) is 14.6. The molecule has 1 aliphatic heterocycles. The largest absolute Gasteiger partial charge is 0.357 e. The molecule has 6 heteroatoms. The van der Waals surface area contributed by atoms with Crippen LogP contribution in [-0.4, -0.2) is 49.5 Å². The standard InChI is InChI=1S/C24H31ClN4O/c1-2-26-24(27-13-11-20-9-6-10-22(25)15-20)28-17-21-16-23(30)29(18-21)14-12-19-7-4-3-5-8-19/h3-10,15,21H,2,11-14,16-18H2,1H3,(H2,26,27,28). The summed E-state index contributed by atoms with van der Waals surface area (Å²) in [5.74, 6) is 1.32. The van der Waals surface area contributed by atoms with Gasteiger partial charge in [-0.3, -0.25) is 9.79 Å². The van der Waals surface area contributed by atoms with Crippen molar-refractivity contribution in [2.75, 3.05) is 32.7 Å². The van der Waals surface area contributed by atoms with Gasteiger partial charge in [0.05, 0.1) is 0 Å². The van der Waals surface area contributed by atoms with Crippen molar-refractivity contribution in [1.82, 2.24) is 15.5 Å². The van der Waals surface area contributed by atoms with Crippen LogP contribution in [0.5, 0.6) is 0 Å². The van der Waals surface area contributed by atoms with Crippen LogP contribution in [0.4, 0.5) is 0 Å². The number of nitrogens with one attached hydrogen (secondary N) is 2. The third-order valence-electron chi connectivity index (χ3n) is 5.25. The van der Waals surface area contributed by atoms with Crippen LogP contribution in [-0.2, 0) is 17.6 Å². The van der Waals surface area contributed by atoms with E-state index in [9.17, 15) is 4.79 Å². The van der Waals surface area contributed by atoms with E-state index >= 15 is 0 Å². The number of hydrogen-bond acceptors (Lipinski definition) is 2. The van der Waals surface area contributed by atoms with Crippen molar-refractivity contribution in [3.63, 3.8) is 0 Å². The molecule has 160 valence electrons. The topological polar surface area (TPSA) is 56.7 Å². The number of aliphatic imine (C=N–C) groups is 1. The van der Waals surface area contributed by atoms with E-state index < -0.39 is 0 Å². The molecular weight excluding hydrogens is 396 g/mol. The molecule has 0 saturated carbocycles. The molecule has 0 aromatic heterocycles. The van der Waals surface area contributed by atoms with Crippen molar-refractivity contribution in [2.45, 2.75) is 26.2 Å². The number of rotatable bonds is 9. The molecule has 0 spiro atoms. The first kappa shape index (κ1) is 22.2. The van der Waals surface area contributed by atoms with E-state index in [4.69, 9.17) is 16.6 Å². The van der Waals surface area contributed by atoms with Crippen LogP contribution in [0.2, 0.25) is 5.02 Å². The molecule has 0 bridgehead atoms. The fraction of sp³-hybridized carbons (Fsp3) is 0.417. The Morgan fingerprint density at radius 1 is 1.10 bits per heavy atom. The van der Waals surface area contributed by atoms with Gasteiger partial charge in [0.1, 0.15) is 0 Å². The van der Waals surface area contributed by atoms with Gasteiger partial charge in [0.25, 0.3) is 0 Å². The number of carbonyl (C=O) groups is 1. The number of halogens is 1. The zero-order valence-corrected chi connectivity index (χ0v) is 18.4. The number of likely N-dealkylation sites (tertiary alicyclic amines) is 1. The number of carbonyl (C=O) groups excluding carboxylic acids is 1. The third kappa shape index (κ3) is 7.06. The summed E-state index contributed by atoms with van der Waals surface area (Å²) in [4.78, 5) is 19.1. The second-order valence-corrected chi connectivity index (χ2v) is 8.11. The molecule has 1 fully saturated rings. The van der Waals surface area contributed by atoms with Crippen LogP contribution >= 0.6 is 11.6 Å². The van der Waals surface area contributed by atoms with Crippen LogP contribution in [0.25, 0.3) is 0 Å². The van der Waals surface area contributed by atoms with Gasteiger partial charge in [0, 0.05) is 50.1 Å². The summed E-state index contributed by atoms with van der Waals surface area (Å²) < 4.78 is 0. The van der Waals surface area contributed by atoms with Gasteiger partial charge in [-0.2, -0.15) is 0 Å². The maximum Gasteiger partial charge on any atom is 0.223 e. The first-order valence-electron chi connectivity index (χ1n) is 10.7. The third-order valence-corrected chi connectivity index (χ3v) is 5.49. The summed E-state index contributed by atoms with van der Waals surface area (Å²) in [6.07, 6.45) is 2.36. The van der Waals surface area contributed by atoms with Crippen molar-refractivity contribution >= 4 is 23.5 Å². The van der Waals surface area contributed by atoms with Gasteiger partial charge in [-0.25, -0.2) is 0 Å². The minimum Gasteiger partial charge on any atom is -0.357 e. The highest BCUT2D eigenvalue weighted by atomic mass is 35.5. The Kier molecular flexibility index (Phi) is 8.57. The van der Waals surface area contributed by atoms with E-state index in [1.54, 1.807) is 0 Å². The summed E-state index contributed by atoms with van der Waals surface area (Å²) in [5, 5.41) is 7.43. The average molecular weight is 427 g/mol. The van der Waals surface area contributed by atoms with Crippen LogP contribution in [0.15, 0.2) is 59.6 Å². The highest BCUT2D eigenvalue weighted by molar-refractivity contribution is 6.30. The van der Waals surface area contributed by atoms with Gasteiger partial charge >= 0.3 is 0 Å². The minimum absolute atomic E-state index is 0.241. The minimum atomic E-state index is 0.241. The molecule has 5 nitrogen and oxygen atoms in total. The van der Waals surface area contributed by atoms with Gasteiger partial charge < -0.3 is 15.5 Å². The summed E-state index contributed by atoms with van der Waals surface area (Å²) in [5.41, 5.74) is 2.46. The molecule has 2 N–H and O–H groups in total. The van der Waals surface area contributed by atoms with Gasteiger partial charge in [-0.15, -0.1) is 0 Å². The summed E-state index contributed by atoms with van der Waals surface area (Å²) >= 11 is 6.05. The molecular formula is C24H31ClN4O. The Labute approximate surface area is 184 Å². The molecule has 0 radical (unpaired) electrons. The second-order valence-electron chi connectivity index (χ2n) is 7.67. The summed E-state index contributed by atoms with van der Waals surface area (Å²) in [7, 11) is 0. The highest BCUT2D eigenvalue weighted by Crippen LogP contribution is 2.18. The Bertz CT molecular complexity index is 840. The Balaban J connectivity index is 1.45. The fourth-order valence-electron chi connectivity index (χ4n) is 3.68. The molecule has 1 atom stereocenters. The molecule has 1 unspecified atom stereocenters. The number of guanidine groups is 1. The Hall–Kier alpha value is -2.53. The number of nitrogens with zero attached hydrogens (tertiary/aromatic N) is 2. The van der Waals surface area contributed by atoms with Gasteiger partial charge in [-0.05, 0) is 43.0 Å². The predicted octanol–water partition coefficient (Wildman–Crippen LogP) is 3.53. The number of benzene rings is 2. The van der Waals surface area contributed by atoms with E-state index in [2.05, 4.69) is 35.8 Å². The normalized spacial score (nSPS) is 16.7. The lowest BCUT2D eigenvalue weighted by molar-refractivity contribution is -0.127. The first-order valence-corrected chi connectivity index (χ1v) is 11.1. The Morgan fingerprint density at radius 3 is 2.67 bits per heavy atom. The van der Waals surface area contributed by atoms with Crippen molar-refractivity contribution in [3.8, 4) is 0 Å². The Morgan fingerprint density at radius 2 is 1.90 bits per heavy atom. The van der Waals surface area contributed by atoms with E-state index in [0.29, 0.717) is 13.0 Å². The van der Waals surface area contributed by atoms with Crippen LogP contribution in [0.1, 0.15) is 24.5 Å². The predicted molar refractivity (Wildman–Crippen MR) is 124 cm³/mol. The maximum absolute atomic E-state index is 12.4. The van der Waals surface area contributed by atoms with Crippen LogP contribution < -0.4 is 10.6 Å². The van der Waals surface area contributed by atoms with Crippen molar-refractivity contribution in [1.29, 1.82) is 0 Å². The molecule has 3 rings (SSSR count). The molecule has 2 aromatic carbocycles. The zero-order valence-electron chi connectivity index (χ0n) is 17.6. The van der Waals surface area contributed by atoms with E-state index in [-0.39, 0.29) is 11.8 Å². The monoisotopic (exact) mass is 426 g/mol. The molecule has 1 amide bonds. The van der Waals surface area contributed by atoms with Crippen molar-refractivity contribution in [2.24, 2.45) is 10.9 Å². The van der Waals surface area contributed by atoms with E-state index in [0.717, 1.165) is 50.0 Å². The number of hydrogen-bond donors (Lipinski definition) is 2. The van der Waals surface area contributed by atoms with Crippen molar-refractivity contribution < 1.29 is 4.79 Å². The lowest BCUT2D eigenvalue weighted by Gasteiger charge is -2.16. The van der Waals surface area contributed by atoms with Gasteiger partial charge in [-0.1, -0.05) is 54.1 Å². The lowest BCUT2D eigenvalue weighted by Crippen LogP contribution is -2.38. The lowest BCUT2D eigenvalue weighted by atomic mass is 10.1. The van der Waals surface area contributed by atoms with Crippen LogP contribution in [0.3, 0.4) is 0 Å². The maximum atomic E-state index is 12.4. The van der Waals surface area contributed by atoms with E-state index in [1.165, 1.54) is 11.1 Å². The molecule has 1 saturated heterocycles. The summed E-state index contributed by atoms with van der Waals surface area (Å²) in [6.45, 7) is 5.85. The molecule has 30 heavy (non-hydrogen) atoms. The molecule has 0 aliphatic carbocycles. The smallest absolute Gasteiger partial charge is 0.223 e. The average Bonchev–Trinajstić information content (AvgIpc) is 3.11. The fourth-order valence-corrected chi connectivity index (χ4v) is 3.89. The SMILES string of the molecule is CCNC(=NCC1CC(=O)N(CCc2ccccc2)C1)NCCc1cccc(Cl)c1. The number of amides is 1. The quantitative estimate of drug-likeness (QED) is 0.476. The van der Waals surface area contributed by atoms with Gasteiger partial charge in [0.15, 0.2) is 5.96 Å². The molecule has 1 aliphatic rings. The van der Waals surface area contributed by atoms with Gasteiger partial charge in [0.2, 0.25) is 5.91 Å². The summed E-state index contributed by atoms with van der Waals surface area (Å²) in [6, 6.07) is 18.2. The van der Waals surface area contributed by atoms with Crippen molar-refractivity contribution in [3.05, 3.63) is 70.7 Å². The zero-order chi connectivity index (χ0) is 21.2. The van der Waals surface area contributed by atoms with E-state index in [1.807, 2.05) is 41.3 Å². The molecule has 2 aromatic rings.